The van der Waals surface area contributed by atoms with Gasteiger partial charge in [-0.05, 0) is 18.6 Å². The molecule has 1 saturated heterocycles. The zero-order chi connectivity index (χ0) is 16.1. The summed E-state index contributed by atoms with van der Waals surface area (Å²) in [6.45, 7) is 6.29. The number of aryl methyl sites for hydroxylation is 1. The van der Waals surface area contributed by atoms with Crippen LogP contribution in [0, 0.1) is 6.92 Å². The quantitative estimate of drug-likeness (QED) is 0.810. The molecule has 1 aromatic carbocycles. The van der Waals surface area contributed by atoms with Crippen LogP contribution in [-0.4, -0.2) is 46.9 Å². The normalized spacial score (nSPS) is 16.1. The van der Waals surface area contributed by atoms with E-state index in [0.29, 0.717) is 0 Å². The molecule has 0 aliphatic carbocycles. The molecule has 0 spiro atoms. The Balaban J connectivity index is 1.48. The van der Waals surface area contributed by atoms with Crippen LogP contribution in [-0.2, 0) is 11.3 Å². The van der Waals surface area contributed by atoms with Crippen molar-refractivity contribution in [3.8, 4) is 0 Å². The Kier molecular flexibility index (Phi) is 5.20. The summed E-state index contributed by atoms with van der Waals surface area (Å²) >= 11 is 1.71. The predicted octanol–water partition coefficient (Wildman–Crippen LogP) is 2.81. The van der Waals surface area contributed by atoms with Crippen LogP contribution in [0.5, 0.6) is 0 Å². The van der Waals surface area contributed by atoms with E-state index in [4.69, 9.17) is 0 Å². The van der Waals surface area contributed by atoms with E-state index >= 15 is 0 Å². The van der Waals surface area contributed by atoms with Gasteiger partial charge in [-0.25, -0.2) is 4.98 Å². The Morgan fingerprint density at radius 2 is 1.96 bits per heavy atom. The van der Waals surface area contributed by atoms with Gasteiger partial charge in [-0.15, -0.1) is 11.3 Å². The first-order valence-electron chi connectivity index (χ1n) is 7.86. The van der Waals surface area contributed by atoms with Gasteiger partial charge in [0.1, 0.15) is 5.01 Å². The molecule has 1 aliphatic rings. The largest absolute Gasteiger partial charge is 0.337 e. The first kappa shape index (κ1) is 15.9. The topological polar surface area (TPSA) is 36.4 Å². The van der Waals surface area contributed by atoms with Gasteiger partial charge in [0.15, 0.2) is 0 Å². The molecule has 0 atom stereocenters. The lowest BCUT2D eigenvalue weighted by Gasteiger charge is -2.33. The highest BCUT2D eigenvalue weighted by atomic mass is 32.1. The van der Waals surface area contributed by atoms with Crippen LogP contribution in [0.3, 0.4) is 0 Å². The molecule has 0 saturated carbocycles. The number of nitrogens with zero attached hydrogens (tertiary/aromatic N) is 3. The van der Waals surface area contributed by atoms with Gasteiger partial charge in [-0.2, -0.15) is 0 Å². The van der Waals surface area contributed by atoms with Crippen molar-refractivity contribution >= 4 is 23.3 Å². The maximum Gasteiger partial charge on any atom is 0.246 e. The van der Waals surface area contributed by atoms with Crippen molar-refractivity contribution in [2.45, 2.75) is 13.5 Å². The highest BCUT2D eigenvalue weighted by Crippen LogP contribution is 2.13. The smallest absolute Gasteiger partial charge is 0.246 e. The zero-order valence-electron chi connectivity index (χ0n) is 13.3. The number of hydrogen-bond donors (Lipinski definition) is 0. The van der Waals surface area contributed by atoms with E-state index in [0.717, 1.165) is 49.0 Å². The Bertz CT molecular complexity index is 673. The van der Waals surface area contributed by atoms with Crippen molar-refractivity contribution in [2.75, 3.05) is 26.2 Å². The molecule has 1 aliphatic heterocycles. The Hall–Kier alpha value is -1.98. The third kappa shape index (κ3) is 4.50. The molecule has 4 nitrogen and oxygen atoms in total. The fourth-order valence-corrected chi connectivity index (χ4v) is 3.44. The number of piperazine rings is 1. The highest BCUT2D eigenvalue weighted by Gasteiger charge is 2.20. The van der Waals surface area contributed by atoms with E-state index in [2.05, 4.69) is 15.3 Å². The van der Waals surface area contributed by atoms with Crippen molar-refractivity contribution in [3.05, 3.63) is 58.1 Å². The van der Waals surface area contributed by atoms with Gasteiger partial charge >= 0.3 is 0 Å². The second-order valence-electron chi connectivity index (χ2n) is 5.73. The molecule has 3 rings (SSSR count). The summed E-state index contributed by atoms with van der Waals surface area (Å²) in [7, 11) is 0. The summed E-state index contributed by atoms with van der Waals surface area (Å²) in [5, 5.41) is 3.25. The van der Waals surface area contributed by atoms with E-state index in [9.17, 15) is 4.79 Å². The summed E-state index contributed by atoms with van der Waals surface area (Å²) in [5.41, 5.74) is 2.14. The Morgan fingerprint density at radius 1 is 1.22 bits per heavy atom. The minimum atomic E-state index is 0.0959. The third-order valence-corrected chi connectivity index (χ3v) is 4.88. The lowest BCUT2D eigenvalue weighted by molar-refractivity contribution is -0.127. The van der Waals surface area contributed by atoms with Crippen LogP contribution < -0.4 is 0 Å². The Labute approximate surface area is 141 Å². The van der Waals surface area contributed by atoms with Crippen LogP contribution >= 0.6 is 11.3 Å². The second-order valence-corrected chi connectivity index (χ2v) is 6.67. The number of benzene rings is 1. The molecule has 0 radical (unpaired) electrons. The lowest BCUT2D eigenvalue weighted by atomic mass is 10.2. The molecule has 0 unspecified atom stereocenters. The number of carbonyl (C=O) groups is 1. The summed E-state index contributed by atoms with van der Waals surface area (Å²) in [4.78, 5) is 21.0. The Morgan fingerprint density at radius 3 is 2.61 bits per heavy atom. The average molecular weight is 327 g/mol. The van der Waals surface area contributed by atoms with Crippen molar-refractivity contribution in [3.63, 3.8) is 0 Å². The van der Waals surface area contributed by atoms with Gasteiger partial charge in [0, 0.05) is 43.3 Å². The van der Waals surface area contributed by atoms with E-state index in [1.54, 1.807) is 17.4 Å². The van der Waals surface area contributed by atoms with Gasteiger partial charge in [-0.3, -0.25) is 9.69 Å². The molecular formula is C18H21N3OS. The molecule has 1 amide bonds. The summed E-state index contributed by atoms with van der Waals surface area (Å²) in [6, 6.07) is 9.92. The standard InChI is InChI=1S/C18H21N3OS/c1-15-14-23-17(19-15)13-20-9-11-21(12-10-20)18(22)8-7-16-5-3-2-4-6-16/h2-8,14H,9-13H2,1H3/b8-7+. The molecule has 5 heteroatoms. The van der Waals surface area contributed by atoms with Gasteiger partial charge < -0.3 is 4.90 Å². The van der Waals surface area contributed by atoms with E-state index in [-0.39, 0.29) is 5.91 Å². The van der Waals surface area contributed by atoms with E-state index in [1.165, 1.54) is 0 Å². The van der Waals surface area contributed by atoms with Crippen molar-refractivity contribution in [2.24, 2.45) is 0 Å². The molecule has 1 aromatic heterocycles. The lowest BCUT2D eigenvalue weighted by Crippen LogP contribution is -2.47. The van der Waals surface area contributed by atoms with Gasteiger partial charge in [0.25, 0.3) is 0 Å². The maximum absolute atomic E-state index is 12.3. The van der Waals surface area contributed by atoms with E-state index in [1.807, 2.05) is 48.2 Å². The first-order valence-corrected chi connectivity index (χ1v) is 8.74. The van der Waals surface area contributed by atoms with Crippen LogP contribution in [0.25, 0.3) is 6.08 Å². The number of rotatable bonds is 4. The van der Waals surface area contributed by atoms with E-state index < -0.39 is 0 Å². The van der Waals surface area contributed by atoms with Gasteiger partial charge in [0.05, 0.1) is 6.54 Å². The first-order chi connectivity index (χ1) is 11.2. The average Bonchev–Trinajstić information content (AvgIpc) is 2.99. The minimum Gasteiger partial charge on any atom is -0.337 e. The van der Waals surface area contributed by atoms with Crippen LogP contribution in [0.2, 0.25) is 0 Å². The fourth-order valence-electron chi connectivity index (χ4n) is 2.63. The number of thiazole rings is 1. The molecule has 2 aromatic rings. The van der Waals surface area contributed by atoms with Crippen LogP contribution in [0.1, 0.15) is 16.3 Å². The van der Waals surface area contributed by atoms with Crippen LogP contribution in [0.4, 0.5) is 0 Å². The monoisotopic (exact) mass is 327 g/mol. The fraction of sp³-hybridized carbons (Fsp3) is 0.333. The molecular weight excluding hydrogens is 306 g/mol. The zero-order valence-corrected chi connectivity index (χ0v) is 14.1. The summed E-state index contributed by atoms with van der Waals surface area (Å²) in [5.74, 6) is 0.0959. The van der Waals surface area contributed by atoms with Crippen LogP contribution in [0.15, 0.2) is 41.8 Å². The van der Waals surface area contributed by atoms with Gasteiger partial charge in [0.2, 0.25) is 5.91 Å². The van der Waals surface area contributed by atoms with Crippen molar-refractivity contribution < 1.29 is 4.79 Å². The maximum atomic E-state index is 12.3. The molecule has 23 heavy (non-hydrogen) atoms. The summed E-state index contributed by atoms with van der Waals surface area (Å²) in [6.07, 6.45) is 3.56. The SMILES string of the molecule is Cc1csc(CN2CCN(C(=O)/C=C/c3ccccc3)CC2)n1. The second kappa shape index (κ2) is 7.53. The number of amides is 1. The number of hydrogen-bond acceptors (Lipinski definition) is 4. The minimum absolute atomic E-state index is 0.0959. The highest BCUT2D eigenvalue weighted by molar-refractivity contribution is 7.09. The summed E-state index contributed by atoms with van der Waals surface area (Å²) < 4.78 is 0. The van der Waals surface area contributed by atoms with Gasteiger partial charge in [-0.1, -0.05) is 30.3 Å². The van der Waals surface area contributed by atoms with Crippen molar-refractivity contribution in [1.82, 2.24) is 14.8 Å². The number of aromatic nitrogens is 1. The third-order valence-electron chi connectivity index (χ3n) is 3.93. The number of carbonyl (C=O) groups excluding carboxylic acids is 1. The predicted molar refractivity (Wildman–Crippen MR) is 94.2 cm³/mol. The molecule has 120 valence electrons. The molecule has 0 bridgehead atoms. The molecule has 1 fully saturated rings. The molecule has 2 heterocycles. The van der Waals surface area contributed by atoms with Crippen molar-refractivity contribution in [1.29, 1.82) is 0 Å². The molecule has 0 N–H and O–H groups in total.